The Labute approximate surface area is 147 Å². The number of guanidine groups is 1. The summed E-state index contributed by atoms with van der Waals surface area (Å²) >= 11 is 0. The number of halogens is 1. The predicted octanol–water partition coefficient (Wildman–Crippen LogP) is 2.64. The van der Waals surface area contributed by atoms with E-state index in [1.165, 1.54) is 38.8 Å². The van der Waals surface area contributed by atoms with E-state index in [1.54, 1.807) is 0 Å². The fraction of sp³-hybridized carbons (Fsp3) is 0.938. The molecule has 5 heteroatoms. The molecule has 0 aromatic heterocycles. The summed E-state index contributed by atoms with van der Waals surface area (Å²) in [4.78, 5) is 9.43. The lowest BCUT2D eigenvalue weighted by atomic mass is 9.82. The van der Waals surface area contributed by atoms with Crippen molar-refractivity contribution in [2.45, 2.75) is 39.5 Å². The van der Waals surface area contributed by atoms with E-state index in [0.29, 0.717) is 0 Å². The summed E-state index contributed by atoms with van der Waals surface area (Å²) in [5.41, 5.74) is 0. The zero-order valence-corrected chi connectivity index (χ0v) is 16.3. The van der Waals surface area contributed by atoms with Gasteiger partial charge >= 0.3 is 0 Å². The molecule has 2 aliphatic rings. The molecule has 1 aliphatic carbocycles. The zero-order chi connectivity index (χ0) is 14.4. The lowest BCUT2D eigenvalue weighted by molar-refractivity contribution is 0.299. The average Bonchev–Trinajstić information content (AvgIpc) is 2.91. The third-order valence-electron chi connectivity index (χ3n) is 5.09. The number of rotatable bonds is 5. The molecule has 1 saturated carbocycles. The molecular formula is C16H33IN4. The van der Waals surface area contributed by atoms with Crippen LogP contribution in [0.4, 0.5) is 0 Å². The molecule has 0 bridgehead atoms. The normalized spacial score (nSPS) is 25.7. The molecule has 21 heavy (non-hydrogen) atoms. The lowest BCUT2D eigenvalue weighted by Gasteiger charge is -2.24. The number of fused-ring (bicyclic) bond motifs is 1. The van der Waals surface area contributed by atoms with Crippen molar-refractivity contribution in [2.75, 3.05) is 46.3 Å². The van der Waals surface area contributed by atoms with E-state index in [1.807, 2.05) is 7.05 Å². The molecule has 0 aromatic rings. The minimum atomic E-state index is 0. The van der Waals surface area contributed by atoms with Crippen LogP contribution in [0.25, 0.3) is 0 Å². The maximum Gasteiger partial charge on any atom is 0.193 e. The summed E-state index contributed by atoms with van der Waals surface area (Å²) < 4.78 is 0. The van der Waals surface area contributed by atoms with Gasteiger partial charge in [0.15, 0.2) is 5.96 Å². The van der Waals surface area contributed by atoms with Gasteiger partial charge in [-0.3, -0.25) is 4.99 Å². The van der Waals surface area contributed by atoms with Crippen molar-refractivity contribution in [3.8, 4) is 0 Å². The molecule has 0 spiro atoms. The van der Waals surface area contributed by atoms with Crippen LogP contribution in [0.1, 0.15) is 39.5 Å². The van der Waals surface area contributed by atoms with Crippen molar-refractivity contribution >= 4 is 29.9 Å². The van der Waals surface area contributed by atoms with Crippen LogP contribution < -0.4 is 5.32 Å². The first kappa shape index (κ1) is 19.0. The molecule has 1 aliphatic heterocycles. The van der Waals surface area contributed by atoms with E-state index in [4.69, 9.17) is 0 Å². The molecule has 124 valence electrons. The number of nitrogens with zero attached hydrogens (tertiary/aromatic N) is 3. The highest BCUT2D eigenvalue weighted by Gasteiger charge is 2.35. The van der Waals surface area contributed by atoms with Crippen LogP contribution in [0.15, 0.2) is 4.99 Å². The van der Waals surface area contributed by atoms with Crippen molar-refractivity contribution in [1.29, 1.82) is 0 Å². The minimum Gasteiger partial charge on any atom is -0.355 e. The third kappa shape index (κ3) is 5.27. The number of likely N-dealkylation sites (tertiary alicyclic amines) is 1. The largest absolute Gasteiger partial charge is 0.355 e. The van der Waals surface area contributed by atoms with Crippen molar-refractivity contribution in [1.82, 2.24) is 15.1 Å². The highest BCUT2D eigenvalue weighted by atomic mass is 127. The first-order chi connectivity index (χ1) is 9.78. The number of hydrogen-bond donors (Lipinski definition) is 1. The summed E-state index contributed by atoms with van der Waals surface area (Å²) in [5, 5.41) is 3.55. The van der Waals surface area contributed by atoms with Crippen molar-refractivity contribution in [3.63, 3.8) is 0 Å². The highest BCUT2D eigenvalue weighted by molar-refractivity contribution is 14.0. The van der Waals surface area contributed by atoms with Gasteiger partial charge in [0.05, 0.1) is 0 Å². The Kier molecular flexibility index (Phi) is 8.94. The smallest absolute Gasteiger partial charge is 0.193 e. The monoisotopic (exact) mass is 408 g/mol. The molecule has 2 rings (SSSR count). The van der Waals surface area contributed by atoms with Crippen LogP contribution in [0.5, 0.6) is 0 Å². The number of likely N-dealkylation sites (N-methyl/N-ethyl adjacent to an activating group) is 1. The van der Waals surface area contributed by atoms with Gasteiger partial charge in [0.1, 0.15) is 0 Å². The van der Waals surface area contributed by atoms with Crippen LogP contribution in [-0.2, 0) is 0 Å². The number of hydrogen-bond acceptors (Lipinski definition) is 2. The second-order valence-electron chi connectivity index (χ2n) is 6.21. The maximum atomic E-state index is 4.49. The van der Waals surface area contributed by atoms with Gasteiger partial charge in [0, 0.05) is 33.2 Å². The Hall–Kier alpha value is -0.0400. The van der Waals surface area contributed by atoms with Gasteiger partial charge < -0.3 is 15.1 Å². The van der Waals surface area contributed by atoms with E-state index in [0.717, 1.165) is 44.0 Å². The van der Waals surface area contributed by atoms with E-state index in [-0.39, 0.29) is 24.0 Å². The molecule has 1 N–H and O–H groups in total. The summed E-state index contributed by atoms with van der Waals surface area (Å²) in [5.74, 6) is 2.96. The molecule has 1 saturated heterocycles. The third-order valence-corrected chi connectivity index (χ3v) is 5.09. The summed E-state index contributed by atoms with van der Waals surface area (Å²) in [7, 11) is 1.92. The quantitative estimate of drug-likeness (QED) is 0.431. The molecule has 0 aromatic carbocycles. The fourth-order valence-electron chi connectivity index (χ4n) is 3.78. The Morgan fingerprint density at radius 1 is 1.14 bits per heavy atom. The van der Waals surface area contributed by atoms with Gasteiger partial charge in [-0.25, -0.2) is 0 Å². The van der Waals surface area contributed by atoms with Crippen molar-refractivity contribution in [3.05, 3.63) is 0 Å². The van der Waals surface area contributed by atoms with Gasteiger partial charge in [0.25, 0.3) is 0 Å². The van der Waals surface area contributed by atoms with Gasteiger partial charge in [-0.15, -0.1) is 24.0 Å². The molecule has 2 fully saturated rings. The Bertz CT molecular complexity index is 303. The van der Waals surface area contributed by atoms with Gasteiger partial charge in [-0.1, -0.05) is 26.7 Å². The molecular weight excluding hydrogens is 375 g/mol. The molecule has 4 nitrogen and oxygen atoms in total. The van der Waals surface area contributed by atoms with Crippen molar-refractivity contribution < 1.29 is 0 Å². The van der Waals surface area contributed by atoms with Gasteiger partial charge in [-0.05, 0) is 37.8 Å². The summed E-state index contributed by atoms with van der Waals surface area (Å²) in [6, 6.07) is 0. The molecule has 0 radical (unpaired) electrons. The van der Waals surface area contributed by atoms with E-state index in [9.17, 15) is 0 Å². The first-order valence-corrected chi connectivity index (χ1v) is 8.46. The van der Waals surface area contributed by atoms with Crippen molar-refractivity contribution in [2.24, 2.45) is 16.8 Å². The summed E-state index contributed by atoms with van der Waals surface area (Å²) in [6.07, 6.45) is 5.72. The van der Waals surface area contributed by atoms with Crippen LogP contribution in [0.2, 0.25) is 0 Å². The number of aliphatic imine (C=N–C) groups is 1. The zero-order valence-electron chi connectivity index (χ0n) is 14.0. The topological polar surface area (TPSA) is 30.9 Å². The maximum absolute atomic E-state index is 4.49. The Morgan fingerprint density at radius 3 is 2.19 bits per heavy atom. The SMILES string of the molecule is CCN(CC)CCNC(=NC)N1CC2CCCCC2C1.I. The summed E-state index contributed by atoms with van der Waals surface area (Å²) in [6.45, 7) is 11.3. The van der Waals surface area contributed by atoms with Crippen LogP contribution in [0.3, 0.4) is 0 Å². The van der Waals surface area contributed by atoms with E-state index >= 15 is 0 Å². The first-order valence-electron chi connectivity index (χ1n) is 8.46. The second kappa shape index (κ2) is 9.87. The molecule has 2 unspecified atom stereocenters. The predicted molar refractivity (Wildman–Crippen MR) is 102 cm³/mol. The average molecular weight is 408 g/mol. The highest BCUT2D eigenvalue weighted by Crippen LogP contribution is 2.35. The van der Waals surface area contributed by atoms with E-state index in [2.05, 4.69) is 34.0 Å². The molecule has 2 atom stereocenters. The van der Waals surface area contributed by atoms with Crippen LogP contribution >= 0.6 is 24.0 Å². The number of nitrogens with one attached hydrogen (secondary N) is 1. The van der Waals surface area contributed by atoms with Crippen LogP contribution in [0, 0.1) is 11.8 Å². The van der Waals surface area contributed by atoms with E-state index < -0.39 is 0 Å². The molecule has 1 heterocycles. The second-order valence-corrected chi connectivity index (χ2v) is 6.21. The molecule has 0 amide bonds. The van der Waals surface area contributed by atoms with Crippen LogP contribution in [-0.4, -0.2) is 62.1 Å². The van der Waals surface area contributed by atoms with Gasteiger partial charge in [-0.2, -0.15) is 0 Å². The minimum absolute atomic E-state index is 0. The lowest BCUT2D eigenvalue weighted by Crippen LogP contribution is -2.43. The Morgan fingerprint density at radius 2 is 1.71 bits per heavy atom. The Balaban J connectivity index is 0.00000220. The van der Waals surface area contributed by atoms with Gasteiger partial charge in [0.2, 0.25) is 0 Å². The standard InChI is InChI=1S/C16H32N4.HI/c1-4-19(5-2)11-10-18-16(17-3)20-12-14-8-6-7-9-15(14)13-20;/h14-15H,4-13H2,1-3H3,(H,17,18);1H. The fourth-order valence-corrected chi connectivity index (χ4v) is 3.78.